The van der Waals surface area contributed by atoms with E-state index in [9.17, 15) is 19.1 Å². The van der Waals surface area contributed by atoms with Gasteiger partial charge in [0.05, 0.1) is 11.6 Å². The molecule has 1 amide bonds. The average molecular weight is 330 g/mol. The lowest BCUT2D eigenvalue weighted by Crippen LogP contribution is -2.29. The van der Waals surface area contributed by atoms with E-state index in [0.717, 1.165) is 18.4 Å². The highest BCUT2D eigenvalue weighted by Crippen LogP contribution is 2.24. The van der Waals surface area contributed by atoms with Crippen LogP contribution in [0.3, 0.4) is 0 Å². The van der Waals surface area contributed by atoms with Gasteiger partial charge >= 0.3 is 5.97 Å². The minimum atomic E-state index is -1.01. The van der Waals surface area contributed by atoms with Gasteiger partial charge in [0, 0.05) is 12.2 Å². The number of hydrogen-bond acceptors (Lipinski definition) is 2. The monoisotopic (exact) mass is 330 g/mol. The standard InChI is InChI=1S/C18H19FN2O3/c1-11(12-5-7-13(19)8-6-12)20-17(22)16-10-14(18(23)24)15-4-2-3-9-21(15)16/h5-8,10-11H,2-4,9H2,1H3,(H,20,22)(H,23,24). The molecule has 1 aromatic heterocycles. The third kappa shape index (κ3) is 3.04. The van der Waals surface area contributed by atoms with Gasteiger partial charge in [-0.15, -0.1) is 0 Å². The van der Waals surface area contributed by atoms with E-state index in [4.69, 9.17) is 0 Å². The number of carboxylic acids is 1. The predicted octanol–water partition coefficient (Wildman–Crippen LogP) is 3.15. The van der Waals surface area contributed by atoms with Crippen LogP contribution in [0.25, 0.3) is 0 Å². The summed E-state index contributed by atoms with van der Waals surface area (Å²) in [6.45, 7) is 2.46. The summed E-state index contributed by atoms with van der Waals surface area (Å²) in [5.41, 5.74) is 2.08. The van der Waals surface area contributed by atoms with E-state index in [1.165, 1.54) is 18.2 Å². The number of aromatic nitrogens is 1. The lowest BCUT2D eigenvalue weighted by molar-refractivity contribution is 0.0695. The van der Waals surface area contributed by atoms with Gasteiger partial charge in [-0.25, -0.2) is 9.18 Å². The molecule has 24 heavy (non-hydrogen) atoms. The Kier molecular flexibility index (Phi) is 4.38. The lowest BCUT2D eigenvalue weighted by atomic mass is 10.1. The molecule has 0 saturated heterocycles. The molecular weight excluding hydrogens is 311 g/mol. The van der Waals surface area contributed by atoms with E-state index in [0.29, 0.717) is 24.4 Å². The fourth-order valence-electron chi connectivity index (χ4n) is 3.15. The molecule has 1 unspecified atom stereocenters. The third-order valence-corrected chi connectivity index (χ3v) is 4.43. The highest BCUT2D eigenvalue weighted by Gasteiger charge is 2.25. The Morgan fingerprint density at radius 3 is 2.62 bits per heavy atom. The van der Waals surface area contributed by atoms with Crippen molar-refractivity contribution in [2.45, 2.75) is 38.8 Å². The van der Waals surface area contributed by atoms with Gasteiger partial charge < -0.3 is 15.0 Å². The Hall–Kier alpha value is -2.63. The molecule has 1 atom stereocenters. The molecule has 3 rings (SSSR count). The molecule has 1 aliphatic heterocycles. The van der Waals surface area contributed by atoms with Crippen LogP contribution in [-0.4, -0.2) is 21.6 Å². The third-order valence-electron chi connectivity index (χ3n) is 4.43. The molecule has 0 spiro atoms. The number of nitrogens with zero attached hydrogens (tertiary/aromatic N) is 1. The van der Waals surface area contributed by atoms with Crippen molar-refractivity contribution in [3.63, 3.8) is 0 Å². The molecular formula is C18H19FN2O3. The fourth-order valence-corrected chi connectivity index (χ4v) is 3.15. The zero-order valence-corrected chi connectivity index (χ0v) is 13.4. The summed E-state index contributed by atoms with van der Waals surface area (Å²) < 4.78 is 14.8. The molecule has 1 aromatic carbocycles. The molecule has 0 aliphatic carbocycles. The number of nitrogens with one attached hydrogen (secondary N) is 1. The van der Waals surface area contributed by atoms with Crippen molar-refractivity contribution in [2.24, 2.45) is 0 Å². The number of benzene rings is 1. The van der Waals surface area contributed by atoms with Crippen LogP contribution >= 0.6 is 0 Å². The van der Waals surface area contributed by atoms with E-state index in [-0.39, 0.29) is 23.3 Å². The van der Waals surface area contributed by atoms with Crippen molar-refractivity contribution in [2.75, 3.05) is 0 Å². The number of carbonyl (C=O) groups excluding carboxylic acids is 1. The van der Waals surface area contributed by atoms with Crippen molar-refractivity contribution in [3.8, 4) is 0 Å². The predicted molar refractivity (Wildman–Crippen MR) is 86.6 cm³/mol. The van der Waals surface area contributed by atoms with Gasteiger partial charge in [0.25, 0.3) is 5.91 Å². The van der Waals surface area contributed by atoms with E-state index >= 15 is 0 Å². The van der Waals surface area contributed by atoms with E-state index < -0.39 is 5.97 Å². The first-order valence-electron chi connectivity index (χ1n) is 7.99. The van der Waals surface area contributed by atoms with E-state index in [2.05, 4.69) is 5.32 Å². The molecule has 2 aromatic rings. The van der Waals surface area contributed by atoms with Gasteiger partial charge in [-0.2, -0.15) is 0 Å². The molecule has 0 fully saturated rings. The Labute approximate surface area is 139 Å². The minimum absolute atomic E-state index is 0.203. The SMILES string of the molecule is CC(NC(=O)c1cc(C(=O)O)c2n1CCCC2)c1ccc(F)cc1. The maximum atomic E-state index is 13.0. The molecule has 0 saturated carbocycles. The topological polar surface area (TPSA) is 71.3 Å². The van der Waals surface area contributed by atoms with Crippen LogP contribution in [0, 0.1) is 5.82 Å². The number of rotatable bonds is 4. The van der Waals surface area contributed by atoms with Crippen LogP contribution in [0.15, 0.2) is 30.3 Å². The van der Waals surface area contributed by atoms with Crippen molar-refractivity contribution in [3.05, 3.63) is 58.7 Å². The number of fused-ring (bicyclic) bond motifs is 1. The zero-order valence-electron chi connectivity index (χ0n) is 13.4. The number of carbonyl (C=O) groups is 2. The molecule has 5 nitrogen and oxygen atoms in total. The van der Waals surface area contributed by atoms with Crippen LogP contribution in [0.4, 0.5) is 4.39 Å². The number of carboxylic acid groups (broad SMARTS) is 1. The summed E-state index contributed by atoms with van der Waals surface area (Å²) >= 11 is 0. The van der Waals surface area contributed by atoms with Gasteiger partial charge in [-0.1, -0.05) is 12.1 Å². The Bertz CT molecular complexity index is 780. The van der Waals surface area contributed by atoms with Crippen LogP contribution in [0.5, 0.6) is 0 Å². The van der Waals surface area contributed by atoms with Crippen LogP contribution in [-0.2, 0) is 13.0 Å². The van der Waals surface area contributed by atoms with Gasteiger partial charge in [-0.05, 0) is 49.9 Å². The van der Waals surface area contributed by atoms with Crippen molar-refractivity contribution in [1.82, 2.24) is 9.88 Å². The normalized spacial score (nSPS) is 14.8. The highest BCUT2D eigenvalue weighted by molar-refractivity contribution is 5.98. The molecule has 1 aliphatic rings. The van der Waals surface area contributed by atoms with Crippen molar-refractivity contribution < 1.29 is 19.1 Å². The van der Waals surface area contributed by atoms with Crippen molar-refractivity contribution in [1.29, 1.82) is 0 Å². The van der Waals surface area contributed by atoms with E-state index in [1.54, 1.807) is 16.7 Å². The highest BCUT2D eigenvalue weighted by atomic mass is 19.1. The second kappa shape index (κ2) is 6.47. The summed E-state index contributed by atoms with van der Waals surface area (Å²) in [5.74, 6) is -1.65. The van der Waals surface area contributed by atoms with Crippen molar-refractivity contribution >= 4 is 11.9 Å². The van der Waals surface area contributed by atoms with Gasteiger partial charge in [0.15, 0.2) is 0 Å². The summed E-state index contributed by atoms with van der Waals surface area (Å²) in [7, 11) is 0. The summed E-state index contributed by atoms with van der Waals surface area (Å²) in [6, 6.07) is 7.09. The largest absolute Gasteiger partial charge is 0.478 e. The average Bonchev–Trinajstić information content (AvgIpc) is 2.95. The maximum Gasteiger partial charge on any atom is 0.337 e. The van der Waals surface area contributed by atoms with Gasteiger partial charge in [0.1, 0.15) is 11.5 Å². The lowest BCUT2D eigenvalue weighted by Gasteiger charge is -2.19. The van der Waals surface area contributed by atoms with Crippen LogP contribution in [0.1, 0.15) is 57.9 Å². The Morgan fingerprint density at radius 2 is 1.96 bits per heavy atom. The summed E-state index contributed by atoms with van der Waals surface area (Å²) in [6.07, 6.45) is 2.52. The molecule has 0 radical (unpaired) electrons. The molecule has 2 heterocycles. The fraction of sp³-hybridized carbons (Fsp3) is 0.333. The van der Waals surface area contributed by atoms with E-state index in [1.807, 2.05) is 6.92 Å². The maximum absolute atomic E-state index is 13.0. The minimum Gasteiger partial charge on any atom is -0.478 e. The number of hydrogen-bond donors (Lipinski definition) is 2. The smallest absolute Gasteiger partial charge is 0.337 e. The molecule has 126 valence electrons. The summed E-state index contributed by atoms with van der Waals surface area (Å²) in [5, 5.41) is 12.2. The zero-order chi connectivity index (χ0) is 17.3. The number of halogens is 1. The second-order valence-electron chi connectivity index (χ2n) is 6.05. The molecule has 6 heteroatoms. The second-order valence-corrected chi connectivity index (χ2v) is 6.05. The Morgan fingerprint density at radius 1 is 1.25 bits per heavy atom. The number of aromatic carboxylic acids is 1. The first-order valence-corrected chi connectivity index (χ1v) is 7.99. The van der Waals surface area contributed by atoms with Crippen LogP contribution < -0.4 is 5.32 Å². The molecule has 0 bridgehead atoms. The van der Waals surface area contributed by atoms with Gasteiger partial charge in [0.2, 0.25) is 0 Å². The first-order chi connectivity index (χ1) is 11.5. The number of amides is 1. The van der Waals surface area contributed by atoms with Crippen LogP contribution in [0.2, 0.25) is 0 Å². The molecule has 2 N–H and O–H groups in total. The van der Waals surface area contributed by atoms with Gasteiger partial charge in [-0.3, -0.25) is 4.79 Å². The summed E-state index contributed by atoms with van der Waals surface area (Å²) in [4.78, 5) is 24.0. The Balaban J connectivity index is 1.85. The first kappa shape index (κ1) is 16.2. The quantitative estimate of drug-likeness (QED) is 0.904.